The quantitative estimate of drug-likeness (QED) is 0.848. The normalized spacial score (nSPS) is 11.2. The molecule has 1 amide bonds. The average molecular weight is 388 g/mol. The SMILES string of the molecule is Cc1cc(N(CC(=O)Nc2ccc(Br)cc2)S(C)(=O)=O)no1. The molecule has 0 bridgehead atoms. The Bertz CT molecular complexity index is 771. The molecule has 9 heteroatoms. The molecule has 0 spiro atoms. The second-order valence-electron chi connectivity index (χ2n) is 4.62. The van der Waals surface area contributed by atoms with E-state index in [1.807, 2.05) is 0 Å². The predicted molar refractivity (Wildman–Crippen MR) is 86.2 cm³/mol. The molecule has 0 aliphatic heterocycles. The van der Waals surface area contributed by atoms with Gasteiger partial charge in [0.05, 0.1) is 6.26 Å². The lowest BCUT2D eigenvalue weighted by Gasteiger charge is -2.18. The zero-order valence-electron chi connectivity index (χ0n) is 11.9. The highest BCUT2D eigenvalue weighted by atomic mass is 79.9. The number of carbonyl (C=O) groups is 1. The van der Waals surface area contributed by atoms with Crippen molar-refractivity contribution in [2.24, 2.45) is 0 Å². The summed E-state index contributed by atoms with van der Waals surface area (Å²) < 4.78 is 30.3. The van der Waals surface area contributed by atoms with Crippen LogP contribution in [0.25, 0.3) is 0 Å². The number of aromatic nitrogens is 1. The minimum absolute atomic E-state index is 0.0750. The van der Waals surface area contributed by atoms with Crippen LogP contribution in [-0.4, -0.2) is 32.3 Å². The van der Waals surface area contributed by atoms with E-state index in [2.05, 4.69) is 26.4 Å². The molecule has 0 fully saturated rings. The molecule has 0 saturated carbocycles. The molecule has 0 radical (unpaired) electrons. The first-order chi connectivity index (χ1) is 10.3. The van der Waals surface area contributed by atoms with E-state index in [9.17, 15) is 13.2 Å². The Hall–Kier alpha value is -1.87. The van der Waals surface area contributed by atoms with Crippen molar-refractivity contribution in [3.8, 4) is 0 Å². The Morgan fingerprint density at radius 1 is 1.36 bits per heavy atom. The maximum atomic E-state index is 12.0. The second kappa shape index (κ2) is 6.49. The summed E-state index contributed by atoms with van der Waals surface area (Å²) in [6.07, 6.45) is 1.00. The van der Waals surface area contributed by atoms with Gasteiger partial charge in [0, 0.05) is 16.2 Å². The van der Waals surface area contributed by atoms with Gasteiger partial charge in [-0.2, -0.15) is 0 Å². The highest BCUT2D eigenvalue weighted by Crippen LogP contribution is 2.18. The number of nitrogens with zero attached hydrogens (tertiary/aromatic N) is 2. The van der Waals surface area contributed by atoms with Crippen LogP contribution in [0.4, 0.5) is 11.5 Å². The van der Waals surface area contributed by atoms with Gasteiger partial charge in [0.2, 0.25) is 15.9 Å². The van der Waals surface area contributed by atoms with Crippen LogP contribution in [0.15, 0.2) is 39.3 Å². The lowest BCUT2D eigenvalue weighted by Crippen LogP contribution is -2.37. The van der Waals surface area contributed by atoms with Crippen molar-refractivity contribution >= 4 is 43.4 Å². The van der Waals surface area contributed by atoms with Crippen LogP contribution in [0.1, 0.15) is 5.76 Å². The van der Waals surface area contributed by atoms with Gasteiger partial charge < -0.3 is 9.84 Å². The molecule has 1 N–H and O–H groups in total. The number of benzene rings is 1. The monoisotopic (exact) mass is 387 g/mol. The number of rotatable bonds is 5. The van der Waals surface area contributed by atoms with Crippen LogP contribution in [0, 0.1) is 6.92 Å². The Kier molecular flexibility index (Phi) is 4.87. The third-order valence-corrected chi connectivity index (χ3v) is 4.33. The Labute approximate surface area is 136 Å². The van der Waals surface area contributed by atoms with Gasteiger partial charge in [-0.05, 0) is 31.2 Å². The molecule has 0 unspecified atom stereocenters. The van der Waals surface area contributed by atoms with Crippen molar-refractivity contribution in [1.29, 1.82) is 0 Å². The minimum atomic E-state index is -3.66. The zero-order valence-corrected chi connectivity index (χ0v) is 14.3. The van der Waals surface area contributed by atoms with Crippen LogP contribution < -0.4 is 9.62 Å². The highest BCUT2D eigenvalue weighted by Gasteiger charge is 2.23. The summed E-state index contributed by atoms with van der Waals surface area (Å²) in [5.41, 5.74) is 0.568. The van der Waals surface area contributed by atoms with E-state index in [0.29, 0.717) is 11.4 Å². The fourth-order valence-corrected chi connectivity index (χ4v) is 2.75. The van der Waals surface area contributed by atoms with Crippen LogP contribution in [0.3, 0.4) is 0 Å². The Balaban J connectivity index is 2.14. The van der Waals surface area contributed by atoms with Gasteiger partial charge in [-0.15, -0.1) is 0 Å². The molecule has 22 heavy (non-hydrogen) atoms. The molecule has 1 heterocycles. The molecule has 0 atom stereocenters. The first kappa shape index (κ1) is 16.5. The van der Waals surface area contributed by atoms with Gasteiger partial charge in [0.15, 0.2) is 5.82 Å². The molecule has 1 aromatic heterocycles. The zero-order chi connectivity index (χ0) is 16.3. The summed E-state index contributed by atoms with van der Waals surface area (Å²) in [6, 6.07) is 8.39. The van der Waals surface area contributed by atoms with Crippen molar-refractivity contribution in [3.63, 3.8) is 0 Å². The summed E-state index contributed by atoms with van der Waals surface area (Å²) >= 11 is 3.29. The van der Waals surface area contributed by atoms with E-state index in [4.69, 9.17) is 4.52 Å². The van der Waals surface area contributed by atoms with Crippen molar-refractivity contribution in [2.75, 3.05) is 22.4 Å². The van der Waals surface area contributed by atoms with Crippen molar-refractivity contribution in [2.45, 2.75) is 6.92 Å². The number of amides is 1. The van der Waals surface area contributed by atoms with E-state index in [1.54, 1.807) is 31.2 Å². The van der Waals surface area contributed by atoms with E-state index >= 15 is 0 Å². The molecule has 0 aliphatic rings. The molecule has 7 nitrogen and oxygen atoms in total. The number of sulfonamides is 1. The predicted octanol–water partition coefficient (Wildman–Crippen LogP) is 2.15. The van der Waals surface area contributed by atoms with Gasteiger partial charge in [0.25, 0.3) is 0 Å². The van der Waals surface area contributed by atoms with E-state index < -0.39 is 15.9 Å². The minimum Gasteiger partial charge on any atom is -0.360 e. The molecule has 1 aromatic carbocycles. The number of halogens is 1. The Morgan fingerprint density at radius 3 is 2.50 bits per heavy atom. The summed E-state index contributed by atoms with van der Waals surface area (Å²) in [7, 11) is -3.66. The number of hydrogen-bond acceptors (Lipinski definition) is 5. The van der Waals surface area contributed by atoms with Crippen molar-refractivity contribution < 1.29 is 17.7 Å². The highest BCUT2D eigenvalue weighted by molar-refractivity contribution is 9.10. The maximum absolute atomic E-state index is 12.0. The first-order valence-electron chi connectivity index (χ1n) is 6.22. The third-order valence-electron chi connectivity index (χ3n) is 2.69. The number of hydrogen-bond donors (Lipinski definition) is 1. The number of aryl methyl sites for hydroxylation is 1. The molecule has 0 saturated heterocycles. The largest absolute Gasteiger partial charge is 0.360 e. The van der Waals surface area contributed by atoms with E-state index in [0.717, 1.165) is 15.0 Å². The molecular formula is C13H14BrN3O4S. The number of nitrogens with one attached hydrogen (secondary N) is 1. The molecule has 118 valence electrons. The van der Waals surface area contributed by atoms with Crippen LogP contribution in [0.2, 0.25) is 0 Å². The van der Waals surface area contributed by atoms with E-state index in [-0.39, 0.29) is 12.4 Å². The molecule has 2 aromatic rings. The molecular weight excluding hydrogens is 374 g/mol. The Morgan fingerprint density at radius 2 is 2.00 bits per heavy atom. The van der Waals surface area contributed by atoms with E-state index in [1.165, 1.54) is 6.07 Å². The van der Waals surface area contributed by atoms with Crippen LogP contribution in [0.5, 0.6) is 0 Å². The van der Waals surface area contributed by atoms with Crippen LogP contribution in [-0.2, 0) is 14.8 Å². The fourth-order valence-electron chi connectivity index (χ4n) is 1.70. The van der Waals surface area contributed by atoms with Gasteiger partial charge in [-0.25, -0.2) is 12.7 Å². The summed E-state index contributed by atoms with van der Waals surface area (Å²) in [5.74, 6) is 0.0522. The van der Waals surface area contributed by atoms with Gasteiger partial charge >= 0.3 is 0 Å². The first-order valence-corrected chi connectivity index (χ1v) is 8.86. The van der Waals surface area contributed by atoms with Crippen molar-refractivity contribution in [3.05, 3.63) is 40.6 Å². The van der Waals surface area contributed by atoms with Crippen molar-refractivity contribution in [1.82, 2.24) is 5.16 Å². The molecule has 0 aliphatic carbocycles. The lowest BCUT2D eigenvalue weighted by atomic mass is 10.3. The van der Waals surface area contributed by atoms with Gasteiger partial charge in [0.1, 0.15) is 12.3 Å². The fraction of sp³-hybridized carbons (Fsp3) is 0.231. The van der Waals surface area contributed by atoms with Gasteiger partial charge in [-0.3, -0.25) is 4.79 Å². The smallest absolute Gasteiger partial charge is 0.245 e. The molecule has 2 rings (SSSR count). The summed E-state index contributed by atoms with van der Waals surface area (Å²) in [4.78, 5) is 12.0. The third kappa shape index (κ3) is 4.31. The van der Waals surface area contributed by atoms with Gasteiger partial charge in [-0.1, -0.05) is 21.1 Å². The summed E-state index contributed by atoms with van der Waals surface area (Å²) in [5, 5.41) is 6.26. The maximum Gasteiger partial charge on any atom is 0.245 e. The lowest BCUT2D eigenvalue weighted by molar-refractivity contribution is -0.114. The summed E-state index contributed by atoms with van der Waals surface area (Å²) in [6.45, 7) is 1.25. The topological polar surface area (TPSA) is 92.5 Å². The van der Waals surface area contributed by atoms with Crippen LogP contribution >= 0.6 is 15.9 Å². The number of carbonyl (C=O) groups excluding carboxylic acids is 1. The average Bonchev–Trinajstić information content (AvgIpc) is 2.84. The standard InChI is InChI=1S/C13H14BrN3O4S/c1-9-7-12(16-21-9)17(22(2,19)20)8-13(18)15-11-5-3-10(14)4-6-11/h3-7H,8H2,1-2H3,(H,15,18). The second-order valence-corrected chi connectivity index (χ2v) is 7.44. The number of anilines is 2.